The average Bonchev–Trinajstić information content (AvgIpc) is 3.02. The minimum Gasteiger partial charge on any atom is -0.323 e. The highest BCUT2D eigenvalue weighted by Crippen LogP contribution is 2.33. The molecule has 0 saturated heterocycles. The zero-order valence-corrected chi connectivity index (χ0v) is 13.8. The molecule has 24 heavy (non-hydrogen) atoms. The van der Waals surface area contributed by atoms with Crippen LogP contribution < -0.4 is 5.32 Å². The van der Waals surface area contributed by atoms with Gasteiger partial charge in [0.2, 0.25) is 11.8 Å². The van der Waals surface area contributed by atoms with Gasteiger partial charge in [-0.05, 0) is 24.1 Å². The van der Waals surface area contributed by atoms with E-state index in [0.29, 0.717) is 5.69 Å². The van der Waals surface area contributed by atoms with Gasteiger partial charge in [-0.15, -0.1) is 0 Å². The Bertz CT molecular complexity index is 794. The largest absolute Gasteiger partial charge is 0.323 e. The highest BCUT2D eigenvalue weighted by Gasteiger charge is 2.28. The van der Waals surface area contributed by atoms with Crippen molar-refractivity contribution in [1.82, 2.24) is 14.7 Å². The molecule has 0 aliphatic carbocycles. The second-order valence-electron chi connectivity index (χ2n) is 5.72. The summed E-state index contributed by atoms with van der Waals surface area (Å²) in [6.45, 7) is 4.23. The molecule has 2 aromatic rings. The first-order chi connectivity index (χ1) is 11.6. The molecule has 6 heteroatoms. The van der Waals surface area contributed by atoms with Crippen LogP contribution in [-0.2, 0) is 16.1 Å². The molecule has 124 valence electrons. The summed E-state index contributed by atoms with van der Waals surface area (Å²) in [7, 11) is 0. The minimum atomic E-state index is -0.301. The molecular formula is C18H20N4O2. The van der Waals surface area contributed by atoms with Crippen molar-refractivity contribution in [3.8, 4) is 0 Å². The summed E-state index contributed by atoms with van der Waals surface area (Å²) in [5.41, 5.74) is 2.68. The molecule has 2 heterocycles. The van der Waals surface area contributed by atoms with Gasteiger partial charge < -0.3 is 10.2 Å². The van der Waals surface area contributed by atoms with Crippen LogP contribution in [0.5, 0.6) is 0 Å². The molecule has 0 fully saturated rings. The van der Waals surface area contributed by atoms with Crippen LogP contribution in [0.3, 0.4) is 0 Å². The molecule has 1 N–H and O–H groups in total. The maximum Gasteiger partial charge on any atom is 0.226 e. The van der Waals surface area contributed by atoms with Crippen molar-refractivity contribution in [3.05, 3.63) is 54.0 Å². The smallest absolute Gasteiger partial charge is 0.226 e. The van der Waals surface area contributed by atoms with Crippen LogP contribution in [0.15, 0.2) is 42.9 Å². The molecular weight excluding hydrogens is 304 g/mol. The molecule has 1 atom stereocenters. The van der Waals surface area contributed by atoms with Crippen LogP contribution in [0.25, 0.3) is 6.08 Å². The van der Waals surface area contributed by atoms with Gasteiger partial charge in [0.25, 0.3) is 0 Å². The number of amides is 2. The Hall–Kier alpha value is -2.89. The monoisotopic (exact) mass is 324 g/mol. The molecule has 0 bridgehead atoms. The first-order valence-corrected chi connectivity index (χ1v) is 7.97. The number of aromatic nitrogens is 2. The lowest BCUT2D eigenvalue weighted by Crippen LogP contribution is -2.33. The van der Waals surface area contributed by atoms with Crippen LogP contribution in [0, 0.1) is 0 Å². The van der Waals surface area contributed by atoms with Gasteiger partial charge >= 0.3 is 0 Å². The van der Waals surface area contributed by atoms with Gasteiger partial charge in [-0.2, -0.15) is 5.10 Å². The molecule has 1 aliphatic rings. The Morgan fingerprint density at radius 1 is 1.29 bits per heavy atom. The third-order valence-electron chi connectivity index (χ3n) is 4.09. The molecule has 0 spiro atoms. The quantitative estimate of drug-likeness (QED) is 0.940. The maximum absolute atomic E-state index is 12.4. The number of hydrogen-bond acceptors (Lipinski definition) is 3. The summed E-state index contributed by atoms with van der Waals surface area (Å²) in [5.74, 6) is -0.232. The van der Waals surface area contributed by atoms with Crippen molar-refractivity contribution >= 4 is 23.6 Å². The molecule has 6 nitrogen and oxygen atoms in total. The predicted molar refractivity (Wildman–Crippen MR) is 91.9 cm³/mol. The molecule has 1 aromatic heterocycles. The number of anilines is 1. The van der Waals surface area contributed by atoms with Crippen molar-refractivity contribution in [2.45, 2.75) is 32.9 Å². The summed E-state index contributed by atoms with van der Waals surface area (Å²) < 4.78 is 1.75. The highest BCUT2D eigenvalue weighted by atomic mass is 16.2. The fourth-order valence-corrected chi connectivity index (χ4v) is 2.90. The molecule has 0 radical (unpaired) electrons. The van der Waals surface area contributed by atoms with E-state index in [-0.39, 0.29) is 24.3 Å². The highest BCUT2D eigenvalue weighted by molar-refractivity contribution is 5.91. The Morgan fingerprint density at radius 3 is 2.79 bits per heavy atom. The summed E-state index contributed by atoms with van der Waals surface area (Å²) in [4.78, 5) is 26.0. The number of nitrogens with zero attached hydrogens (tertiary/aromatic N) is 3. The van der Waals surface area contributed by atoms with E-state index in [1.807, 2.05) is 37.3 Å². The number of carbonyl (C=O) groups is 2. The van der Waals surface area contributed by atoms with E-state index in [1.165, 1.54) is 6.92 Å². The Morgan fingerprint density at radius 2 is 2.08 bits per heavy atom. The van der Waals surface area contributed by atoms with Gasteiger partial charge in [-0.1, -0.05) is 24.3 Å². The number of aryl methyl sites for hydroxylation is 1. The lowest BCUT2D eigenvalue weighted by Gasteiger charge is -2.32. The van der Waals surface area contributed by atoms with E-state index >= 15 is 0 Å². The maximum atomic E-state index is 12.4. The predicted octanol–water partition coefficient (Wildman–Crippen LogP) is 2.81. The number of benzene rings is 1. The van der Waals surface area contributed by atoms with Crippen molar-refractivity contribution in [2.75, 3.05) is 5.32 Å². The number of rotatable bonds is 4. The molecule has 2 amide bonds. The van der Waals surface area contributed by atoms with E-state index in [4.69, 9.17) is 0 Å². The molecule has 1 aliphatic heterocycles. The van der Waals surface area contributed by atoms with E-state index in [2.05, 4.69) is 10.4 Å². The SMILES string of the molecule is CCn1cc(NC(=O)CC2c3ccccc3C=CN2C(C)=O)cn1. The van der Waals surface area contributed by atoms with Crippen LogP contribution >= 0.6 is 0 Å². The Kier molecular flexibility index (Phi) is 4.46. The minimum absolute atomic E-state index is 0.0858. The van der Waals surface area contributed by atoms with Gasteiger partial charge in [-0.3, -0.25) is 14.3 Å². The zero-order chi connectivity index (χ0) is 17.1. The number of fused-ring (bicyclic) bond motifs is 1. The lowest BCUT2D eigenvalue weighted by molar-refractivity contribution is -0.129. The topological polar surface area (TPSA) is 67.2 Å². The third-order valence-corrected chi connectivity index (χ3v) is 4.09. The molecule has 1 aromatic carbocycles. The summed E-state index contributed by atoms with van der Waals surface area (Å²) in [5, 5.41) is 6.99. The number of carbonyl (C=O) groups excluding carboxylic acids is 2. The lowest BCUT2D eigenvalue weighted by atomic mass is 9.93. The van der Waals surface area contributed by atoms with Gasteiger partial charge in [0, 0.05) is 25.9 Å². The van der Waals surface area contributed by atoms with Crippen molar-refractivity contribution in [1.29, 1.82) is 0 Å². The van der Waals surface area contributed by atoms with Crippen LogP contribution in [-0.4, -0.2) is 26.5 Å². The van der Waals surface area contributed by atoms with Crippen molar-refractivity contribution < 1.29 is 9.59 Å². The van der Waals surface area contributed by atoms with Crippen LogP contribution in [0.2, 0.25) is 0 Å². The Balaban J connectivity index is 1.79. The molecule has 0 saturated carbocycles. The van der Waals surface area contributed by atoms with E-state index in [9.17, 15) is 9.59 Å². The van der Waals surface area contributed by atoms with Gasteiger partial charge in [0.1, 0.15) is 0 Å². The van der Waals surface area contributed by atoms with Gasteiger partial charge in [-0.25, -0.2) is 0 Å². The normalized spacial score (nSPS) is 15.9. The number of nitrogens with one attached hydrogen (secondary N) is 1. The summed E-state index contributed by atoms with van der Waals surface area (Å²) >= 11 is 0. The van der Waals surface area contributed by atoms with E-state index < -0.39 is 0 Å². The Labute approximate surface area is 140 Å². The van der Waals surface area contributed by atoms with E-state index in [0.717, 1.165) is 17.7 Å². The third kappa shape index (κ3) is 3.22. The van der Waals surface area contributed by atoms with Gasteiger partial charge in [0.05, 0.1) is 24.3 Å². The van der Waals surface area contributed by atoms with Crippen LogP contribution in [0.4, 0.5) is 5.69 Å². The van der Waals surface area contributed by atoms with E-state index in [1.54, 1.807) is 28.2 Å². The molecule has 3 rings (SSSR count). The fourth-order valence-electron chi connectivity index (χ4n) is 2.90. The molecule has 1 unspecified atom stereocenters. The van der Waals surface area contributed by atoms with Gasteiger partial charge in [0.15, 0.2) is 0 Å². The number of hydrogen-bond donors (Lipinski definition) is 1. The summed E-state index contributed by atoms with van der Waals surface area (Å²) in [6.07, 6.45) is 7.25. The second-order valence-corrected chi connectivity index (χ2v) is 5.72. The summed E-state index contributed by atoms with van der Waals surface area (Å²) in [6, 6.07) is 7.52. The van der Waals surface area contributed by atoms with Crippen molar-refractivity contribution in [3.63, 3.8) is 0 Å². The first-order valence-electron chi connectivity index (χ1n) is 7.97. The van der Waals surface area contributed by atoms with Crippen molar-refractivity contribution in [2.24, 2.45) is 0 Å². The average molecular weight is 324 g/mol. The first kappa shape index (κ1) is 16.0. The fraction of sp³-hybridized carbons (Fsp3) is 0.278. The second kappa shape index (κ2) is 6.70. The standard InChI is InChI=1S/C18H20N4O2/c1-3-21-12-15(11-19-21)20-18(24)10-17-16-7-5-4-6-14(16)8-9-22(17)13(2)23/h4-9,11-12,17H,3,10H2,1-2H3,(H,20,24). The zero-order valence-electron chi connectivity index (χ0n) is 13.8. The van der Waals surface area contributed by atoms with Crippen LogP contribution in [0.1, 0.15) is 37.4 Å².